The smallest absolute Gasteiger partial charge is 0.0794 e. The van der Waals surface area contributed by atoms with Crippen LogP contribution in [0.2, 0.25) is 0 Å². The molecule has 90 valence electrons. The number of hydrogen-bond acceptors (Lipinski definition) is 4. The van der Waals surface area contributed by atoms with E-state index in [-0.39, 0.29) is 0 Å². The van der Waals surface area contributed by atoms with E-state index in [4.69, 9.17) is 0 Å². The topological polar surface area (TPSA) is 24.9 Å². The molecule has 2 heterocycles. The second-order valence-corrected chi connectivity index (χ2v) is 6.64. The summed E-state index contributed by atoms with van der Waals surface area (Å²) in [7, 11) is 2.09. The maximum atomic E-state index is 4.14. The molecule has 1 fully saturated rings. The predicted molar refractivity (Wildman–Crippen MR) is 73.3 cm³/mol. The Bertz CT molecular complexity index is 281. The molecule has 1 aromatic rings. The van der Waals surface area contributed by atoms with Gasteiger partial charge in [-0.15, -0.1) is 11.3 Å². The number of thioether (sulfide) groups is 1. The maximum absolute atomic E-state index is 4.14. The van der Waals surface area contributed by atoms with Crippen LogP contribution < -0.4 is 5.32 Å². The molecule has 1 N–H and O–H groups in total. The Labute approximate surface area is 106 Å². The summed E-state index contributed by atoms with van der Waals surface area (Å²) in [5.74, 6) is 3.66. The van der Waals surface area contributed by atoms with Gasteiger partial charge in [0.2, 0.25) is 0 Å². The molecule has 0 spiro atoms. The first kappa shape index (κ1) is 12.4. The van der Waals surface area contributed by atoms with Crippen molar-refractivity contribution in [3.63, 3.8) is 0 Å². The van der Waals surface area contributed by atoms with Crippen LogP contribution in [0.3, 0.4) is 0 Å². The molecule has 16 heavy (non-hydrogen) atoms. The lowest BCUT2D eigenvalue weighted by atomic mass is 9.93. The number of aromatic nitrogens is 1. The quantitative estimate of drug-likeness (QED) is 0.877. The van der Waals surface area contributed by atoms with E-state index in [0.717, 1.165) is 12.3 Å². The van der Waals surface area contributed by atoms with Crippen LogP contribution in [0, 0.1) is 5.92 Å². The fraction of sp³-hybridized carbons (Fsp3) is 0.750. The van der Waals surface area contributed by atoms with Gasteiger partial charge in [-0.05, 0) is 50.2 Å². The number of likely N-dealkylation sites (N-methyl/N-ethyl adjacent to an activating group) is 1. The normalized spacial score (nSPS) is 19.8. The third-order valence-electron chi connectivity index (χ3n) is 3.30. The lowest BCUT2D eigenvalue weighted by Gasteiger charge is -2.25. The Balaban J connectivity index is 1.80. The van der Waals surface area contributed by atoms with Gasteiger partial charge >= 0.3 is 0 Å². The summed E-state index contributed by atoms with van der Waals surface area (Å²) in [4.78, 5) is 5.55. The van der Waals surface area contributed by atoms with Gasteiger partial charge in [-0.25, -0.2) is 0 Å². The van der Waals surface area contributed by atoms with Crippen LogP contribution in [0.25, 0.3) is 0 Å². The van der Waals surface area contributed by atoms with Gasteiger partial charge in [-0.3, -0.25) is 4.98 Å². The average Bonchev–Trinajstić information content (AvgIpc) is 2.82. The van der Waals surface area contributed by atoms with Crippen LogP contribution in [0.4, 0.5) is 0 Å². The van der Waals surface area contributed by atoms with Gasteiger partial charge in [-0.2, -0.15) is 11.8 Å². The van der Waals surface area contributed by atoms with Gasteiger partial charge in [0.15, 0.2) is 0 Å². The number of thiazole rings is 1. The Morgan fingerprint density at radius 2 is 2.31 bits per heavy atom. The van der Waals surface area contributed by atoms with E-state index in [9.17, 15) is 0 Å². The van der Waals surface area contributed by atoms with Crippen molar-refractivity contribution in [1.29, 1.82) is 0 Å². The maximum Gasteiger partial charge on any atom is 0.0794 e. The number of rotatable bonds is 5. The molecule has 0 amide bonds. The van der Waals surface area contributed by atoms with Crippen molar-refractivity contribution in [3.05, 3.63) is 16.6 Å². The summed E-state index contributed by atoms with van der Waals surface area (Å²) in [5, 5.41) is 3.46. The van der Waals surface area contributed by atoms with Crippen LogP contribution >= 0.6 is 23.1 Å². The standard InChI is InChI=1S/C12H20N2S2/c1-13-11(7-12-8-14-9-16-12)6-10-2-4-15-5-3-10/h8-11,13H,2-7H2,1H3. The zero-order valence-electron chi connectivity index (χ0n) is 9.82. The van der Waals surface area contributed by atoms with Crippen LogP contribution in [-0.2, 0) is 6.42 Å². The summed E-state index contributed by atoms with van der Waals surface area (Å²) in [6, 6.07) is 0.633. The summed E-state index contributed by atoms with van der Waals surface area (Å²) in [6.45, 7) is 0. The number of nitrogens with zero attached hydrogens (tertiary/aromatic N) is 1. The minimum atomic E-state index is 0.633. The van der Waals surface area contributed by atoms with Crippen molar-refractivity contribution >= 4 is 23.1 Å². The Kier molecular flexibility index (Phi) is 5.13. The van der Waals surface area contributed by atoms with Gasteiger partial charge in [-0.1, -0.05) is 0 Å². The number of nitrogens with one attached hydrogen (secondary N) is 1. The van der Waals surface area contributed by atoms with Gasteiger partial charge in [0, 0.05) is 17.1 Å². The minimum Gasteiger partial charge on any atom is -0.317 e. The molecule has 1 atom stereocenters. The molecular weight excluding hydrogens is 236 g/mol. The molecule has 1 aromatic heterocycles. The molecular formula is C12H20N2S2. The Morgan fingerprint density at radius 3 is 2.94 bits per heavy atom. The minimum absolute atomic E-state index is 0.633. The molecule has 0 bridgehead atoms. The van der Waals surface area contributed by atoms with Crippen molar-refractivity contribution in [2.75, 3.05) is 18.6 Å². The highest BCUT2D eigenvalue weighted by Gasteiger charge is 2.18. The van der Waals surface area contributed by atoms with Crippen molar-refractivity contribution in [3.8, 4) is 0 Å². The molecule has 1 aliphatic heterocycles. The fourth-order valence-corrected chi connectivity index (χ4v) is 4.15. The van der Waals surface area contributed by atoms with Crippen molar-refractivity contribution in [1.82, 2.24) is 10.3 Å². The van der Waals surface area contributed by atoms with Crippen molar-refractivity contribution in [2.24, 2.45) is 5.92 Å². The molecule has 1 unspecified atom stereocenters. The fourth-order valence-electron chi connectivity index (χ4n) is 2.27. The predicted octanol–water partition coefficient (Wildman–Crippen LogP) is 2.81. The second kappa shape index (κ2) is 6.62. The molecule has 1 aliphatic rings. The molecule has 0 aliphatic carbocycles. The summed E-state index contributed by atoms with van der Waals surface area (Å²) >= 11 is 3.88. The van der Waals surface area contributed by atoms with E-state index in [1.807, 2.05) is 11.7 Å². The van der Waals surface area contributed by atoms with E-state index >= 15 is 0 Å². The van der Waals surface area contributed by atoms with Crippen LogP contribution in [0.1, 0.15) is 24.1 Å². The average molecular weight is 256 g/mol. The molecule has 4 heteroatoms. The highest BCUT2D eigenvalue weighted by atomic mass is 32.2. The van der Waals surface area contributed by atoms with Crippen molar-refractivity contribution in [2.45, 2.75) is 31.7 Å². The summed E-state index contributed by atoms with van der Waals surface area (Å²) in [5.41, 5.74) is 1.93. The van der Waals surface area contributed by atoms with E-state index in [1.165, 1.54) is 35.6 Å². The zero-order chi connectivity index (χ0) is 11.2. The first-order valence-electron chi connectivity index (χ1n) is 6.01. The van der Waals surface area contributed by atoms with Gasteiger partial charge in [0.25, 0.3) is 0 Å². The van der Waals surface area contributed by atoms with Gasteiger partial charge in [0.1, 0.15) is 0 Å². The molecule has 1 saturated heterocycles. The van der Waals surface area contributed by atoms with Gasteiger partial charge in [0.05, 0.1) is 5.51 Å². The SMILES string of the molecule is CNC(Cc1cncs1)CC1CCSCC1. The summed E-state index contributed by atoms with van der Waals surface area (Å²) in [6.07, 6.45) is 7.29. The van der Waals surface area contributed by atoms with E-state index in [0.29, 0.717) is 6.04 Å². The first-order chi connectivity index (χ1) is 7.88. The van der Waals surface area contributed by atoms with Crippen molar-refractivity contribution < 1.29 is 0 Å². The van der Waals surface area contributed by atoms with E-state index in [1.54, 1.807) is 11.3 Å². The highest BCUT2D eigenvalue weighted by molar-refractivity contribution is 7.99. The molecule has 0 saturated carbocycles. The first-order valence-corrected chi connectivity index (χ1v) is 8.04. The lowest BCUT2D eigenvalue weighted by molar-refractivity contribution is 0.377. The molecule has 2 nitrogen and oxygen atoms in total. The van der Waals surface area contributed by atoms with Crippen LogP contribution in [0.15, 0.2) is 11.7 Å². The largest absolute Gasteiger partial charge is 0.317 e. The molecule has 0 radical (unpaired) electrons. The highest BCUT2D eigenvalue weighted by Crippen LogP contribution is 2.27. The summed E-state index contributed by atoms with van der Waals surface area (Å²) < 4.78 is 0. The third-order valence-corrected chi connectivity index (χ3v) is 5.15. The van der Waals surface area contributed by atoms with Gasteiger partial charge < -0.3 is 5.32 Å². The zero-order valence-corrected chi connectivity index (χ0v) is 11.4. The number of hydrogen-bond donors (Lipinski definition) is 1. The second-order valence-electron chi connectivity index (χ2n) is 4.45. The van der Waals surface area contributed by atoms with Crippen LogP contribution in [0.5, 0.6) is 0 Å². The monoisotopic (exact) mass is 256 g/mol. The van der Waals surface area contributed by atoms with Crippen LogP contribution in [-0.4, -0.2) is 29.6 Å². The van der Waals surface area contributed by atoms with E-state index < -0.39 is 0 Å². The van der Waals surface area contributed by atoms with E-state index in [2.05, 4.69) is 29.1 Å². The molecule has 0 aromatic carbocycles. The third kappa shape index (κ3) is 3.75. The Morgan fingerprint density at radius 1 is 1.50 bits per heavy atom. The Hall–Kier alpha value is -0.0600. The lowest BCUT2D eigenvalue weighted by Crippen LogP contribution is -2.30. The molecule has 2 rings (SSSR count).